The summed E-state index contributed by atoms with van der Waals surface area (Å²) in [5.41, 5.74) is 1.33. The summed E-state index contributed by atoms with van der Waals surface area (Å²) in [6.07, 6.45) is 1.08. The van der Waals surface area contributed by atoms with E-state index in [9.17, 15) is 9.59 Å². The highest BCUT2D eigenvalue weighted by molar-refractivity contribution is 9.10. The summed E-state index contributed by atoms with van der Waals surface area (Å²) < 4.78 is 0.471. The molecule has 0 fully saturated rings. The number of aromatic carboxylic acids is 1. The molecule has 0 aliphatic heterocycles. The van der Waals surface area contributed by atoms with Gasteiger partial charge in [-0.15, -0.1) is 0 Å². The largest absolute Gasteiger partial charge is 0.478 e. The molecule has 1 aliphatic carbocycles. The number of aryl methyl sites for hydroxylation is 1. The quantitative estimate of drug-likeness (QED) is 0.837. The molecule has 0 heterocycles. The number of hydrogen-bond donors (Lipinski definition) is 1. The lowest BCUT2D eigenvalue weighted by Crippen LogP contribution is -2.06. The van der Waals surface area contributed by atoms with Crippen LogP contribution in [0, 0.1) is 0 Å². The van der Waals surface area contributed by atoms with Gasteiger partial charge in [-0.2, -0.15) is 0 Å². The minimum atomic E-state index is -1.05. The summed E-state index contributed by atoms with van der Waals surface area (Å²) in [6.45, 7) is 0. The van der Waals surface area contributed by atoms with Gasteiger partial charge in [-0.3, -0.25) is 4.79 Å². The number of hydrogen-bond acceptors (Lipinski definition) is 2. The summed E-state index contributed by atoms with van der Waals surface area (Å²) in [4.78, 5) is 22.4. The minimum Gasteiger partial charge on any atom is -0.478 e. The molecule has 0 radical (unpaired) electrons. The van der Waals surface area contributed by atoms with Gasteiger partial charge in [-0.05, 0) is 34.0 Å². The maximum atomic E-state index is 11.5. The Labute approximate surface area is 88.9 Å². The van der Waals surface area contributed by atoms with Crippen molar-refractivity contribution < 1.29 is 14.7 Å². The number of rotatable bonds is 1. The Kier molecular flexibility index (Phi) is 2.15. The van der Waals surface area contributed by atoms with Crippen molar-refractivity contribution in [3.63, 3.8) is 0 Å². The third kappa shape index (κ3) is 1.26. The van der Waals surface area contributed by atoms with Gasteiger partial charge in [0, 0.05) is 16.5 Å². The molecule has 0 unspecified atom stereocenters. The molecule has 1 aromatic rings. The molecular weight excluding hydrogens is 248 g/mol. The smallest absolute Gasteiger partial charge is 0.337 e. The van der Waals surface area contributed by atoms with Crippen LogP contribution in [0.15, 0.2) is 16.6 Å². The summed E-state index contributed by atoms with van der Waals surface area (Å²) in [5, 5.41) is 8.97. The molecule has 0 saturated carbocycles. The molecule has 0 bridgehead atoms. The van der Waals surface area contributed by atoms with E-state index in [4.69, 9.17) is 5.11 Å². The van der Waals surface area contributed by atoms with E-state index in [1.54, 1.807) is 12.1 Å². The SMILES string of the molecule is O=C(O)c1c(Br)ccc2c1C(=O)CC2. The van der Waals surface area contributed by atoms with Crippen LogP contribution in [0.3, 0.4) is 0 Å². The van der Waals surface area contributed by atoms with Crippen molar-refractivity contribution in [2.24, 2.45) is 0 Å². The van der Waals surface area contributed by atoms with Crippen molar-refractivity contribution in [3.05, 3.63) is 33.3 Å². The highest BCUT2D eigenvalue weighted by atomic mass is 79.9. The van der Waals surface area contributed by atoms with Crippen molar-refractivity contribution in [2.75, 3.05) is 0 Å². The van der Waals surface area contributed by atoms with Crippen LogP contribution in [0.25, 0.3) is 0 Å². The monoisotopic (exact) mass is 254 g/mol. The summed E-state index contributed by atoms with van der Waals surface area (Å²) in [7, 11) is 0. The van der Waals surface area contributed by atoms with E-state index in [0.29, 0.717) is 22.9 Å². The lowest BCUT2D eigenvalue weighted by Gasteiger charge is -2.04. The summed E-state index contributed by atoms with van der Waals surface area (Å²) in [6, 6.07) is 3.48. The van der Waals surface area contributed by atoms with E-state index in [1.807, 2.05) is 0 Å². The predicted octanol–water partition coefficient (Wildman–Crippen LogP) is 2.28. The highest BCUT2D eigenvalue weighted by Crippen LogP contribution is 2.30. The number of carboxylic acid groups (broad SMARTS) is 1. The zero-order valence-electron chi connectivity index (χ0n) is 7.21. The Balaban J connectivity index is 2.74. The van der Waals surface area contributed by atoms with Crippen LogP contribution < -0.4 is 0 Å². The van der Waals surface area contributed by atoms with E-state index >= 15 is 0 Å². The Hall–Kier alpha value is -1.16. The molecule has 4 heteroatoms. The Morgan fingerprint density at radius 3 is 2.71 bits per heavy atom. The molecule has 14 heavy (non-hydrogen) atoms. The van der Waals surface area contributed by atoms with E-state index in [0.717, 1.165) is 5.56 Å². The van der Waals surface area contributed by atoms with Gasteiger partial charge in [-0.25, -0.2) is 4.79 Å². The normalized spacial score (nSPS) is 14.2. The van der Waals surface area contributed by atoms with Crippen molar-refractivity contribution in [1.82, 2.24) is 0 Å². The van der Waals surface area contributed by atoms with Gasteiger partial charge >= 0.3 is 5.97 Å². The lowest BCUT2D eigenvalue weighted by atomic mass is 10.0. The topological polar surface area (TPSA) is 54.4 Å². The fraction of sp³-hybridized carbons (Fsp3) is 0.200. The van der Waals surface area contributed by atoms with Crippen LogP contribution in [-0.2, 0) is 6.42 Å². The van der Waals surface area contributed by atoms with Crippen LogP contribution in [0.1, 0.15) is 32.7 Å². The van der Waals surface area contributed by atoms with Crippen LogP contribution in [-0.4, -0.2) is 16.9 Å². The fourth-order valence-electron chi connectivity index (χ4n) is 1.73. The number of halogens is 1. The Bertz CT molecular complexity index is 437. The van der Waals surface area contributed by atoms with Gasteiger partial charge in [0.2, 0.25) is 0 Å². The second kappa shape index (κ2) is 3.20. The first kappa shape index (κ1) is 9.40. The lowest BCUT2D eigenvalue weighted by molar-refractivity contribution is 0.0691. The molecule has 2 rings (SSSR count). The third-order valence-electron chi connectivity index (χ3n) is 2.35. The number of fused-ring (bicyclic) bond motifs is 1. The van der Waals surface area contributed by atoms with Crippen LogP contribution in [0.2, 0.25) is 0 Å². The van der Waals surface area contributed by atoms with Gasteiger partial charge in [0.25, 0.3) is 0 Å². The maximum absolute atomic E-state index is 11.5. The molecule has 1 aromatic carbocycles. The second-order valence-electron chi connectivity index (χ2n) is 3.18. The molecule has 3 nitrogen and oxygen atoms in total. The van der Waals surface area contributed by atoms with E-state index in [1.165, 1.54) is 0 Å². The van der Waals surface area contributed by atoms with Crippen LogP contribution in [0.5, 0.6) is 0 Å². The number of benzene rings is 1. The van der Waals surface area contributed by atoms with Gasteiger partial charge in [-0.1, -0.05) is 6.07 Å². The van der Waals surface area contributed by atoms with Crippen molar-refractivity contribution >= 4 is 27.7 Å². The van der Waals surface area contributed by atoms with Gasteiger partial charge < -0.3 is 5.11 Å². The number of carbonyl (C=O) groups is 2. The average Bonchev–Trinajstić information content (AvgIpc) is 2.47. The summed E-state index contributed by atoms with van der Waals surface area (Å²) in [5.74, 6) is -1.12. The number of carboxylic acids is 1. The maximum Gasteiger partial charge on any atom is 0.337 e. The van der Waals surface area contributed by atoms with E-state index in [2.05, 4.69) is 15.9 Å². The fourth-order valence-corrected chi connectivity index (χ4v) is 2.23. The number of carbonyl (C=O) groups excluding carboxylic acids is 1. The van der Waals surface area contributed by atoms with Crippen molar-refractivity contribution in [3.8, 4) is 0 Å². The third-order valence-corrected chi connectivity index (χ3v) is 3.02. The zero-order chi connectivity index (χ0) is 10.3. The predicted molar refractivity (Wildman–Crippen MR) is 53.8 cm³/mol. The van der Waals surface area contributed by atoms with Crippen molar-refractivity contribution in [1.29, 1.82) is 0 Å². The van der Waals surface area contributed by atoms with Crippen molar-refractivity contribution in [2.45, 2.75) is 12.8 Å². The molecular formula is C10H7BrO3. The molecule has 0 spiro atoms. The number of ketones is 1. The van der Waals surface area contributed by atoms with Crippen LogP contribution >= 0.6 is 15.9 Å². The molecule has 1 aliphatic rings. The molecule has 72 valence electrons. The van der Waals surface area contributed by atoms with Gasteiger partial charge in [0.05, 0.1) is 5.56 Å². The average molecular weight is 255 g/mol. The van der Waals surface area contributed by atoms with Gasteiger partial charge in [0.15, 0.2) is 5.78 Å². The Morgan fingerprint density at radius 1 is 1.36 bits per heavy atom. The first-order valence-electron chi connectivity index (χ1n) is 4.19. The Morgan fingerprint density at radius 2 is 2.07 bits per heavy atom. The second-order valence-corrected chi connectivity index (χ2v) is 4.04. The molecule has 0 atom stereocenters. The molecule has 1 N–H and O–H groups in total. The molecule has 0 saturated heterocycles. The summed E-state index contributed by atoms with van der Waals surface area (Å²) >= 11 is 3.14. The standard InChI is InChI=1S/C10H7BrO3/c11-6-3-1-5-2-4-7(12)8(5)9(6)10(13)14/h1,3H,2,4H2,(H,13,14). The van der Waals surface area contributed by atoms with E-state index in [-0.39, 0.29) is 11.3 Å². The number of Topliss-reactive ketones (excluding diaryl/α,β-unsaturated/α-hetero) is 1. The van der Waals surface area contributed by atoms with E-state index < -0.39 is 5.97 Å². The molecule has 0 aromatic heterocycles. The first-order valence-corrected chi connectivity index (χ1v) is 4.98. The minimum absolute atomic E-state index is 0.0706. The highest BCUT2D eigenvalue weighted by Gasteiger charge is 2.27. The van der Waals surface area contributed by atoms with Crippen LogP contribution in [0.4, 0.5) is 0 Å². The molecule has 0 amide bonds. The zero-order valence-corrected chi connectivity index (χ0v) is 8.80. The first-order chi connectivity index (χ1) is 6.61. The van der Waals surface area contributed by atoms with Gasteiger partial charge in [0.1, 0.15) is 0 Å².